The largest absolute Gasteiger partial charge is 0.462 e. The second kappa shape index (κ2) is 11.0. The van der Waals surface area contributed by atoms with Gasteiger partial charge in [-0.2, -0.15) is 0 Å². The maximum atomic E-state index is 11.5. The summed E-state index contributed by atoms with van der Waals surface area (Å²) in [7, 11) is 0. The molecule has 0 bridgehead atoms. The van der Waals surface area contributed by atoms with Gasteiger partial charge < -0.3 is 14.8 Å². The quantitative estimate of drug-likeness (QED) is 0.417. The Kier molecular flexibility index (Phi) is 8.14. The third kappa shape index (κ3) is 5.86. The molecule has 1 aromatic heterocycles. The molecule has 0 atom stereocenters. The summed E-state index contributed by atoms with van der Waals surface area (Å²) in [4.78, 5) is 53.4. The predicted octanol–water partition coefficient (Wildman–Crippen LogP) is 4.04. The van der Waals surface area contributed by atoms with Crippen LogP contribution in [0.5, 0.6) is 0 Å². The molecule has 1 amide bonds. The molecular weight excluding hydrogens is 485 g/mol. The fraction of sp³-hybridized carbons (Fsp3) is 0.217. The summed E-state index contributed by atoms with van der Waals surface area (Å²) in [6.07, 6.45) is 0.0222. The number of anilines is 1. The van der Waals surface area contributed by atoms with Crippen molar-refractivity contribution in [3.63, 3.8) is 0 Å². The maximum absolute atomic E-state index is 11.5. The summed E-state index contributed by atoms with van der Waals surface area (Å²) in [5, 5.41) is 2.72. The zero-order chi connectivity index (χ0) is 24.8. The number of ketones is 1. The van der Waals surface area contributed by atoms with E-state index in [2.05, 4.69) is 15.3 Å². The van der Waals surface area contributed by atoms with Gasteiger partial charge in [-0.3, -0.25) is 9.59 Å². The lowest BCUT2D eigenvalue weighted by Gasteiger charge is -2.16. The number of fused-ring (bicyclic) bond motifs is 2. The Morgan fingerprint density at radius 2 is 1.44 bits per heavy atom. The topological polar surface area (TPSA) is 125 Å². The van der Waals surface area contributed by atoms with Gasteiger partial charge >= 0.3 is 11.9 Å². The minimum Gasteiger partial charge on any atom is -0.462 e. The number of Topliss-reactive ketones (excluding diaryl/α,β-unsaturated/α-hetero) is 1. The van der Waals surface area contributed by atoms with Gasteiger partial charge in [0.1, 0.15) is 0 Å². The number of benzene rings is 2. The number of rotatable bonds is 4. The summed E-state index contributed by atoms with van der Waals surface area (Å²) >= 11 is 11.5. The van der Waals surface area contributed by atoms with Gasteiger partial charge in [0.25, 0.3) is 5.91 Å². The van der Waals surface area contributed by atoms with E-state index in [0.717, 1.165) is 0 Å². The fourth-order valence-electron chi connectivity index (χ4n) is 3.00. The van der Waals surface area contributed by atoms with E-state index in [1.54, 1.807) is 50.2 Å². The van der Waals surface area contributed by atoms with E-state index in [4.69, 9.17) is 32.7 Å². The summed E-state index contributed by atoms with van der Waals surface area (Å²) in [5.41, 5.74) is 3.08. The van der Waals surface area contributed by atoms with Crippen LogP contribution in [0.4, 0.5) is 5.69 Å². The van der Waals surface area contributed by atoms with Gasteiger partial charge in [0.15, 0.2) is 10.3 Å². The lowest BCUT2D eigenvalue weighted by atomic mass is 10.00. The van der Waals surface area contributed by atoms with Crippen LogP contribution in [0.2, 0.25) is 10.3 Å². The zero-order valence-electron chi connectivity index (χ0n) is 18.2. The minimum absolute atomic E-state index is 0.0222. The number of ether oxygens (including phenoxy) is 2. The molecule has 9 nitrogen and oxygen atoms in total. The Morgan fingerprint density at radius 3 is 2.06 bits per heavy atom. The molecular formula is C23H19Cl2N3O6. The van der Waals surface area contributed by atoms with Crippen LogP contribution in [0.25, 0.3) is 11.0 Å². The lowest BCUT2D eigenvalue weighted by molar-refractivity contribution is -0.134. The first-order valence-electron chi connectivity index (χ1n) is 10.2. The molecule has 176 valence electrons. The van der Waals surface area contributed by atoms with Crippen molar-refractivity contribution < 1.29 is 28.7 Å². The van der Waals surface area contributed by atoms with Crippen LogP contribution >= 0.6 is 23.2 Å². The summed E-state index contributed by atoms with van der Waals surface area (Å²) in [5.74, 6) is -1.94. The average Bonchev–Trinajstić information content (AvgIpc) is 2.81. The average molecular weight is 504 g/mol. The number of carbonyl (C=O) groups is 4. The molecule has 1 aliphatic rings. The van der Waals surface area contributed by atoms with Crippen molar-refractivity contribution in [1.82, 2.24) is 9.97 Å². The number of nitrogens with zero attached hydrogens (tertiary/aromatic N) is 2. The van der Waals surface area contributed by atoms with Gasteiger partial charge in [-0.1, -0.05) is 23.2 Å². The molecule has 1 N–H and O–H groups in total. The van der Waals surface area contributed by atoms with Gasteiger partial charge in [0.2, 0.25) is 5.78 Å². The maximum Gasteiger partial charge on any atom is 0.338 e. The molecule has 0 fully saturated rings. The Morgan fingerprint density at radius 1 is 0.882 bits per heavy atom. The molecule has 34 heavy (non-hydrogen) atoms. The number of halogens is 2. The van der Waals surface area contributed by atoms with E-state index in [-0.39, 0.29) is 16.7 Å². The van der Waals surface area contributed by atoms with Gasteiger partial charge in [-0.15, -0.1) is 0 Å². The number of amides is 1. The van der Waals surface area contributed by atoms with Crippen molar-refractivity contribution in [3.8, 4) is 0 Å². The summed E-state index contributed by atoms with van der Waals surface area (Å²) in [6, 6.07) is 9.57. The highest BCUT2D eigenvalue weighted by molar-refractivity contribution is 6.42. The third-order valence-corrected chi connectivity index (χ3v) is 5.19. The van der Waals surface area contributed by atoms with Crippen LogP contribution in [-0.2, 0) is 25.5 Å². The van der Waals surface area contributed by atoms with Crippen molar-refractivity contribution >= 4 is 63.6 Å². The Bertz CT molecular complexity index is 1300. The highest BCUT2D eigenvalue weighted by Crippen LogP contribution is 2.23. The lowest BCUT2D eigenvalue weighted by Crippen LogP contribution is -2.29. The third-order valence-electron chi connectivity index (χ3n) is 4.56. The van der Waals surface area contributed by atoms with E-state index < -0.39 is 23.6 Å². The smallest absolute Gasteiger partial charge is 0.338 e. The number of hydrogen-bond acceptors (Lipinski definition) is 8. The highest BCUT2D eigenvalue weighted by atomic mass is 35.5. The zero-order valence-corrected chi connectivity index (χ0v) is 19.7. The molecule has 0 spiro atoms. The summed E-state index contributed by atoms with van der Waals surface area (Å²) in [6.45, 7) is 4.09. The van der Waals surface area contributed by atoms with E-state index in [1.807, 2.05) is 0 Å². The van der Waals surface area contributed by atoms with Crippen molar-refractivity contribution in [1.29, 1.82) is 0 Å². The molecule has 2 heterocycles. The number of nitrogens with one attached hydrogen (secondary N) is 1. The first-order valence-corrected chi connectivity index (χ1v) is 10.9. The first-order chi connectivity index (χ1) is 16.2. The minimum atomic E-state index is -0.610. The monoisotopic (exact) mass is 503 g/mol. The Labute approximate surface area is 204 Å². The van der Waals surface area contributed by atoms with Crippen LogP contribution in [0.3, 0.4) is 0 Å². The van der Waals surface area contributed by atoms with Crippen LogP contribution in [0, 0.1) is 0 Å². The van der Waals surface area contributed by atoms with E-state index in [0.29, 0.717) is 46.6 Å². The second-order valence-electron chi connectivity index (χ2n) is 6.88. The fourth-order valence-corrected chi connectivity index (χ4v) is 3.27. The number of hydrogen-bond donors (Lipinski definition) is 1. The first kappa shape index (κ1) is 25.1. The highest BCUT2D eigenvalue weighted by Gasteiger charge is 2.24. The van der Waals surface area contributed by atoms with Gasteiger partial charge in [0, 0.05) is 12.1 Å². The molecule has 4 rings (SSSR count). The Balaban J connectivity index is 0.000000191. The van der Waals surface area contributed by atoms with Crippen molar-refractivity contribution in [2.24, 2.45) is 0 Å². The molecule has 0 radical (unpaired) electrons. The van der Waals surface area contributed by atoms with Crippen molar-refractivity contribution in [2.45, 2.75) is 20.3 Å². The molecule has 1 aliphatic heterocycles. The molecule has 2 aromatic carbocycles. The number of aromatic nitrogens is 2. The molecule has 0 aliphatic carbocycles. The number of carbonyl (C=O) groups excluding carboxylic acids is 4. The van der Waals surface area contributed by atoms with Crippen molar-refractivity contribution in [2.75, 3.05) is 18.5 Å². The SMILES string of the molecule is CCOC(=O)c1ccc2c(c1)CC(=O)C(=O)N2.CCOC(=O)c1ccc2nc(Cl)c(Cl)nc2c1. The van der Waals surface area contributed by atoms with Crippen molar-refractivity contribution in [3.05, 3.63) is 63.4 Å². The van der Waals surface area contributed by atoms with Crippen LogP contribution in [0.1, 0.15) is 40.1 Å². The standard InChI is InChI=1S/C12H11NO4.C11H8Cl2N2O2/c1-2-17-12(16)7-3-4-9-8(5-7)6-10(14)11(15)13-9;1-2-17-11(16)6-3-4-7-8(5-6)15-10(13)9(12)14-7/h3-5H,2,6H2,1H3,(H,13,15);3-5H,2H2,1H3. The van der Waals surface area contributed by atoms with E-state index in [1.165, 1.54) is 0 Å². The van der Waals surface area contributed by atoms with Crippen LogP contribution in [0.15, 0.2) is 36.4 Å². The molecule has 3 aromatic rings. The molecule has 11 heteroatoms. The normalized spacial score (nSPS) is 12.2. The number of esters is 2. The van der Waals surface area contributed by atoms with Crippen LogP contribution < -0.4 is 5.32 Å². The Hall–Kier alpha value is -3.56. The van der Waals surface area contributed by atoms with E-state index in [9.17, 15) is 19.2 Å². The van der Waals surface area contributed by atoms with Gasteiger partial charge in [-0.05, 0) is 55.8 Å². The molecule has 0 saturated heterocycles. The predicted molar refractivity (Wildman–Crippen MR) is 125 cm³/mol. The molecule has 0 saturated carbocycles. The summed E-state index contributed by atoms with van der Waals surface area (Å²) < 4.78 is 9.74. The van der Waals surface area contributed by atoms with Gasteiger partial charge in [-0.25, -0.2) is 19.6 Å². The van der Waals surface area contributed by atoms with Gasteiger partial charge in [0.05, 0.1) is 35.4 Å². The van der Waals surface area contributed by atoms with Crippen LogP contribution in [-0.4, -0.2) is 46.8 Å². The van der Waals surface area contributed by atoms with E-state index >= 15 is 0 Å². The molecule has 0 unspecified atom stereocenters. The second-order valence-corrected chi connectivity index (χ2v) is 7.59.